The van der Waals surface area contributed by atoms with E-state index in [9.17, 15) is 4.79 Å². The predicted octanol–water partition coefficient (Wildman–Crippen LogP) is 4.70. The minimum absolute atomic E-state index is 0.104. The van der Waals surface area contributed by atoms with Gasteiger partial charge in [-0.05, 0) is 74.2 Å². The molecular formula is C22H25ClN2O3. The van der Waals surface area contributed by atoms with Crippen LogP contribution in [0.4, 0.5) is 5.69 Å². The number of amides is 1. The molecule has 1 atom stereocenters. The fourth-order valence-electron chi connectivity index (χ4n) is 4.13. The van der Waals surface area contributed by atoms with Gasteiger partial charge < -0.3 is 14.5 Å². The highest BCUT2D eigenvalue weighted by atomic mass is 35.5. The Bertz CT molecular complexity index is 855. The second-order valence-corrected chi connectivity index (χ2v) is 8.08. The van der Waals surface area contributed by atoms with Crippen LogP contribution in [-0.4, -0.2) is 37.6 Å². The topological polar surface area (TPSA) is 54.7 Å². The Hall–Kier alpha value is -2.24. The highest BCUT2D eigenvalue weighted by molar-refractivity contribution is 6.32. The fraction of sp³-hybridized carbons (Fsp3) is 0.409. The Morgan fingerprint density at radius 1 is 1.39 bits per heavy atom. The number of piperidine rings is 1. The third-order valence-corrected chi connectivity index (χ3v) is 6.26. The number of furan rings is 1. The standard InChI is InChI=1S/C22H25ClN2O3/c1-27-20-7-6-16(14-19(20)23)24-21(26)18-15-22(18)8-11-25(12-9-22)10-2-4-17-5-3-13-28-17/h2-7,13-14,18H,8-12,15H2,1H3,(H,24,26)/b4-2+. The van der Waals surface area contributed by atoms with Crippen LogP contribution in [0.15, 0.2) is 47.1 Å². The Balaban J connectivity index is 1.26. The van der Waals surface area contributed by atoms with Gasteiger partial charge in [0.05, 0.1) is 18.4 Å². The number of carbonyl (C=O) groups excluding carboxylic acids is 1. The number of likely N-dealkylation sites (tertiary alicyclic amines) is 1. The van der Waals surface area contributed by atoms with Crippen LogP contribution in [0.1, 0.15) is 25.0 Å². The van der Waals surface area contributed by atoms with Crippen molar-refractivity contribution in [2.24, 2.45) is 11.3 Å². The van der Waals surface area contributed by atoms with E-state index in [-0.39, 0.29) is 17.2 Å². The molecule has 1 aromatic carbocycles. The maximum Gasteiger partial charge on any atom is 0.228 e. The minimum Gasteiger partial charge on any atom is -0.495 e. The second kappa shape index (κ2) is 8.02. The van der Waals surface area contributed by atoms with Crippen LogP contribution in [0.3, 0.4) is 0 Å². The largest absolute Gasteiger partial charge is 0.495 e. The van der Waals surface area contributed by atoms with E-state index in [0.717, 1.165) is 50.3 Å². The number of rotatable bonds is 6. The highest BCUT2D eigenvalue weighted by Crippen LogP contribution is 2.59. The molecule has 1 aliphatic heterocycles. The first kappa shape index (κ1) is 19.1. The van der Waals surface area contributed by atoms with Crippen molar-refractivity contribution in [3.63, 3.8) is 0 Å². The first-order valence-corrected chi connectivity index (χ1v) is 10.0. The first-order valence-electron chi connectivity index (χ1n) is 9.66. The second-order valence-electron chi connectivity index (χ2n) is 7.68. The molecule has 1 N–H and O–H groups in total. The van der Waals surface area contributed by atoms with E-state index in [0.29, 0.717) is 10.8 Å². The maximum atomic E-state index is 12.7. The summed E-state index contributed by atoms with van der Waals surface area (Å²) in [5.41, 5.74) is 0.903. The number of anilines is 1. The molecule has 1 unspecified atom stereocenters. The molecular weight excluding hydrogens is 376 g/mol. The van der Waals surface area contributed by atoms with Crippen molar-refractivity contribution in [3.8, 4) is 5.75 Å². The van der Waals surface area contributed by atoms with Crippen LogP contribution >= 0.6 is 11.6 Å². The lowest BCUT2D eigenvalue weighted by atomic mass is 9.90. The SMILES string of the molecule is COc1ccc(NC(=O)C2CC23CCN(C/C=C/c2ccco2)CC3)cc1Cl. The molecule has 4 rings (SSSR count). The number of methoxy groups -OCH3 is 1. The molecule has 1 saturated heterocycles. The average Bonchev–Trinajstić information content (AvgIpc) is 3.13. The third-order valence-electron chi connectivity index (χ3n) is 5.97. The molecule has 1 aromatic heterocycles. The molecule has 2 fully saturated rings. The molecule has 0 bridgehead atoms. The summed E-state index contributed by atoms with van der Waals surface area (Å²) in [7, 11) is 1.58. The van der Waals surface area contributed by atoms with E-state index in [1.807, 2.05) is 24.3 Å². The summed E-state index contributed by atoms with van der Waals surface area (Å²) >= 11 is 6.15. The zero-order chi connectivity index (χ0) is 19.6. The molecule has 2 aromatic rings. The van der Waals surface area contributed by atoms with Crippen LogP contribution in [0, 0.1) is 11.3 Å². The quantitative estimate of drug-likeness (QED) is 0.763. The van der Waals surface area contributed by atoms with Gasteiger partial charge in [0.1, 0.15) is 11.5 Å². The van der Waals surface area contributed by atoms with E-state index in [2.05, 4.69) is 16.3 Å². The monoisotopic (exact) mass is 400 g/mol. The van der Waals surface area contributed by atoms with E-state index >= 15 is 0 Å². The third kappa shape index (κ3) is 4.10. The van der Waals surface area contributed by atoms with Gasteiger partial charge >= 0.3 is 0 Å². The van der Waals surface area contributed by atoms with Crippen molar-refractivity contribution >= 4 is 29.3 Å². The van der Waals surface area contributed by atoms with Gasteiger partial charge in [-0.25, -0.2) is 0 Å². The summed E-state index contributed by atoms with van der Waals surface area (Å²) in [6.45, 7) is 2.97. The van der Waals surface area contributed by atoms with Gasteiger partial charge in [0.15, 0.2) is 0 Å². The Morgan fingerprint density at radius 3 is 2.89 bits per heavy atom. The van der Waals surface area contributed by atoms with Crippen molar-refractivity contribution in [1.29, 1.82) is 0 Å². The number of nitrogens with one attached hydrogen (secondary N) is 1. The predicted molar refractivity (Wildman–Crippen MR) is 111 cm³/mol. The number of benzene rings is 1. The van der Waals surface area contributed by atoms with Crippen LogP contribution in [-0.2, 0) is 4.79 Å². The molecule has 28 heavy (non-hydrogen) atoms. The van der Waals surface area contributed by atoms with Gasteiger partial charge in [0, 0.05) is 18.2 Å². The number of ether oxygens (including phenoxy) is 1. The number of carbonyl (C=O) groups is 1. The summed E-state index contributed by atoms with van der Waals surface area (Å²) in [6.07, 6.45) is 8.96. The molecule has 1 aliphatic carbocycles. The van der Waals surface area contributed by atoms with Gasteiger partial charge in [0.25, 0.3) is 0 Å². The van der Waals surface area contributed by atoms with Gasteiger partial charge in [-0.2, -0.15) is 0 Å². The first-order chi connectivity index (χ1) is 13.6. The van der Waals surface area contributed by atoms with Gasteiger partial charge in [-0.1, -0.05) is 17.7 Å². The molecule has 5 nitrogen and oxygen atoms in total. The highest BCUT2D eigenvalue weighted by Gasteiger charge is 2.58. The summed E-state index contributed by atoms with van der Waals surface area (Å²) in [5.74, 6) is 1.70. The molecule has 1 amide bonds. The van der Waals surface area contributed by atoms with E-state index in [1.165, 1.54) is 0 Å². The van der Waals surface area contributed by atoms with Crippen LogP contribution in [0.5, 0.6) is 5.75 Å². The Morgan fingerprint density at radius 2 is 2.21 bits per heavy atom. The minimum atomic E-state index is 0.104. The summed E-state index contributed by atoms with van der Waals surface area (Å²) < 4.78 is 10.5. The summed E-state index contributed by atoms with van der Waals surface area (Å²) in [4.78, 5) is 15.1. The number of nitrogens with zero attached hydrogens (tertiary/aromatic N) is 1. The molecule has 2 heterocycles. The fourth-order valence-corrected chi connectivity index (χ4v) is 4.39. The Labute approximate surface area is 170 Å². The zero-order valence-electron chi connectivity index (χ0n) is 16.0. The van der Waals surface area contributed by atoms with Gasteiger partial charge in [0.2, 0.25) is 5.91 Å². The van der Waals surface area contributed by atoms with Crippen LogP contribution in [0.25, 0.3) is 6.08 Å². The average molecular weight is 401 g/mol. The van der Waals surface area contributed by atoms with Crippen molar-refractivity contribution in [2.75, 3.05) is 32.1 Å². The molecule has 148 valence electrons. The van der Waals surface area contributed by atoms with E-state index in [1.54, 1.807) is 25.5 Å². The Kier molecular flexibility index (Phi) is 5.47. The number of halogens is 1. The maximum absolute atomic E-state index is 12.7. The normalized spacial score (nSPS) is 21.1. The zero-order valence-corrected chi connectivity index (χ0v) is 16.7. The van der Waals surface area contributed by atoms with Crippen LogP contribution in [0.2, 0.25) is 5.02 Å². The summed E-state index contributed by atoms with van der Waals surface area (Å²) in [6, 6.07) is 9.18. The molecule has 0 radical (unpaired) electrons. The van der Waals surface area contributed by atoms with Crippen molar-refractivity contribution in [2.45, 2.75) is 19.3 Å². The van der Waals surface area contributed by atoms with Crippen molar-refractivity contribution in [1.82, 2.24) is 4.90 Å². The van der Waals surface area contributed by atoms with Crippen LogP contribution < -0.4 is 10.1 Å². The van der Waals surface area contributed by atoms with E-state index < -0.39 is 0 Å². The molecule has 6 heteroatoms. The molecule has 1 saturated carbocycles. The molecule has 2 aliphatic rings. The van der Waals surface area contributed by atoms with Gasteiger partial charge in [-0.3, -0.25) is 9.69 Å². The van der Waals surface area contributed by atoms with E-state index in [4.69, 9.17) is 20.8 Å². The lowest BCUT2D eigenvalue weighted by Crippen LogP contribution is -2.36. The molecule has 1 spiro atoms. The summed E-state index contributed by atoms with van der Waals surface area (Å²) in [5, 5.41) is 3.52. The number of hydrogen-bond acceptors (Lipinski definition) is 4. The number of hydrogen-bond donors (Lipinski definition) is 1. The van der Waals surface area contributed by atoms with Crippen molar-refractivity contribution in [3.05, 3.63) is 53.5 Å². The van der Waals surface area contributed by atoms with Crippen molar-refractivity contribution < 1.29 is 13.9 Å². The van der Waals surface area contributed by atoms with Gasteiger partial charge in [-0.15, -0.1) is 0 Å². The lowest BCUT2D eigenvalue weighted by Gasteiger charge is -2.32. The smallest absolute Gasteiger partial charge is 0.228 e. The lowest BCUT2D eigenvalue weighted by molar-refractivity contribution is -0.118.